The number of rotatable bonds is 8. The zero-order valence-electron chi connectivity index (χ0n) is 28.8. The van der Waals surface area contributed by atoms with E-state index in [0.29, 0.717) is 46.7 Å². The largest absolute Gasteiger partial charge is 0.464 e. The molecule has 258 valence electrons. The summed E-state index contributed by atoms with van der Waals surface area (Å²) >= 11 is 0. The molecule has 8 aromatic rings. The maximum atomic E-state index is 12.5. The van der Waals surface area contributed by atoms with Crippen LogP contribution in [0.15, 0.2) is 150 Å². The predicted octanol–water partition coefficient (Wildman–Crippen LogP) is 9.23. The highest BCUT2D eigenvalue weighted by Crippen LogP contribution is 2.29. The van der Waals surface area contributed by atoms with Gasteiger partial charge in [0.15, 0.2) is 0 Å². The Hall–Kier alpha value is -6.81. The van der Waals surface area contributed by atoms with Crippen molar-refractivity contribution in [2.24, 2.45) is 0 Å². The lowest BCUT2D eigenvalue weighted by atomic mass is 10.0. The molecule has 0 fully saturated rings. The quantitative estimate of drug-likeness (QED) is 0.143. The number of fused-ring (bicyclic) bond motifs is 2. The summed E-state index contributed by atoms with van der Waals surface area (Å²) in [5.74, 6) is 1.77. The van der Waals surface area contributed by atoms with Crippen molar-refractivity contribution < 1.29 is 18.0 Å². The van der Waals surface area contributed by atoms with Gasteiger partial charge in [0.05, 0.1) is 24.0 Å². The van der Waals surface area contributed by atoms with Gasteiger partial charge in [-0.15, -0.1) is 0 Å². The molecule has 0 bridgehead atoms. The van der Waals surface area contributed by atoms with Gasteiger partial charge in [0.25, 0.3) is 0 Å². The van der Waals surface area contributed by atoms with Crippen LogP contribution in [0.1, 0.15) is 19.2 Å². The second kappa shape index (κ2) is 15.0. The number of nitrogens with zero attached hydrogens (tertiary/aromatic N) is 4. The van der Waals surface area contributed by atoms with Crippen LogP contribution in [0.5, 0.6) is 6.01 Å². The molecule has 4 aromatic carbocycles. The fraction of sp³-hybridized carbons (Fsp3) is 0.119. The van der Waals surface area contributed by atoms with Crippen LogP contribution in [0.3, 0.4) is 0 Å². The molecule has 0 unspecified atom stereocenters. The second-order valence-electron chi connectivity index (χ2n) is 12.0. The highest BCUT2D eigenvalue weighted by Gasteiger charge is 2.14. The van der Waals surface area contributed by atoms with Gasteiger partial charge in [0, 0.05) is 35.1 Å². The van der Waals surface area contributed by atoms with Crippen LogP contribution >= 0.6 is 0 Å². The van der Waals surface area contributed by atoms with Crippen LogP contribution in [0, 0.1) is 6.92 Å². The van der Waals surface area contributed by atoms with E-state index in [0.717, 1.165) is 45.3 Å². The zero-order chi connectivity index (χ0) is 36.0. The van der Waals surface area contributed by atoms with Crippen LogP contribution in [0.2, 0.25) is 0 Å². The topological polar surface area (TPSA) is 125 Å². The van der Waals surface area contributed by atoms with Gasteiger partial charge in [-0.3, -0.25) is 0 Å². The average molecular weight is 691 g/mol. The Morgan fingerprint density at radius 3 is 1.87 bits per heavy atom. The van der Waals surface area contributed by atoms with Gasteiger partial charge in [-0.2, -0.15) is 15.0 Å². The molecule has 0 saturated heterocycles. The van der Waals surface area contributed by atoms with Crippen molar-refractivity contribution in [2.75, 3.05) is 18.6 Å². The third-order valence-electron chi connectivity index (χ3n) is 8.27. The van der Waals surface area contributed by atoms with Gasteiger partial charge in [0.1, 0.15) is 22.8 Å². The number of furan rings is 1. The van der Waals surface area contributed by atoms with E-state index in [2.05, 4.69) is 15.0 Å². The Morgan fingerprint density at radius 2 is 1.27 bits per heavy atom. The molecule has 10 heteroatoms. The van der Waals surface area contributed by atoms with Crippen LogP contribution in [-0.2, 0) is 0 Å². The molecule has 0 N–H and O–H groups in total. The number of anilines is 2. The lowest BCUT2D eigenvalue weighted by Crippen LogP contribution is -2.15. The Morgan fingerprint density at radius 1 is 0.654 bits per heavy atom. The van der Waals surface area contributed by atoms with Gasteiger partial charge < -0.3 is 22.9 Å². The summed E-state index contributed by atoms with van der Waals surface area (Å²) in [6.07, 6.45) is 2.48. The first kappa shape index (κ1) is 33.7. The van der Waals surface area contributed by atoms with E-state index in [1.54, 1.807) is 24.2 Å². The number of benzene rings is 4. The number of ether oxygens (including phenoxy) is 1. The van der Waals surface area contributed by atoms with Crippen molar-refractivity contribution in [3.8, 4) is 39.6 Å². The number of hydrogen-bond acceptors (Lipinski definition) is 10. The molecule has 0 spiro atoms. The Kier molecular flexibility index (Phi) is 9.70. The maximum Gasteiger partial charge on any atom is 0.344 e. The molecular formula is C42H34N4O6. The Balaban J connectivity index is 0.000000169. The van der Waals surface area contributed by atoms with E-state index in [1.165, 1.54) is 0 Å². The molecule has 0 amide bonds. The van der Waals surface area contributed by atoms with Gasteiger partial charge in [0.2, 0.25) is 5.95 Å². The minimum absolute atomic E-state index is 0.297. The molecule has 10 nitrogen and oxygen atoms in total. The molecule has 0 aliphatic carbocycles. The zero-order valence-corrected chi connectivity index (χ0v) is 28.8. The molecule has 4 heterocycles. The molecular weight excluding hydrogens is 656 g/mol. The Bertz CT molecular complexity index is 2580. The number of aromatic nitrogens is 3. The fourth-order valence-electron chi connectivity index (χ4n) is 5.62. The first-order valence-corrected chi connectivity index (χ1v) is 16.8. The minimum atomic E-state index is -0.375. The van der Waals surface area contributed by atoms with Crippen LogP contribution in [0.25, 0.3) is 55.5 Å². The summed E-state index contributed by atoms with van der Waals surface area (Å²) in [6, 6.07) is 38.1. The van der Waals surface area contributed by atoms with E-state index < -0.39 is 0 Å². The Labute approximate surface area is 298 Å². The van der Waals surface area contributed by atoms with Crippen molar-refractivity contribution in [2.45, 2.75) is 20.3 Å². The first-order chi connectivity index (χ1) is 25.4. The summed E-state index contributed by atoms with van der Waals surface area (Å²) in [5, 5.41) is 1.72. The van der Waals surface area contributed by atoms with Crippen molar-refractivity contribution in [1.82, 2.24) is 15.0 Å². The second-order valence-corrected chi connectivity index (χ2v) is 12.0. The smallest absolute Gasteiger partial charge is 0.344 e. The highest BCUT2D eigenvalue weighted by molar-refractivity contribution is 5.86. The van der Waals surface area contributed by atoms with E-state index in [4.69, 9.17) is 18.0 Å². The summed E-state index contributed by atoms with van der Waals surface area (Å²) < 4.78 is 22.0. The minimum Gasteiger partial charge on any atom is -0.464 e. The number of aryl methyl sites for hydroxylation is 1. The third kappa shape index (κ3) is 7.36. The summed E-state index contributed by atoms with van der Waals surface area (Å²) in [6.45, 7) is 4.35. The van der Waals surface area contributed by atoms with Crippen molar-refractivity contribution in [3.63, 3.8) is 0 Å². The SMILES string of the molecule is CCCOc1nc(C)nc(N(C)c2ccc3cc(-c4ccccc4)c(=O)oc3c2)n1.O=c1oc2cc(-c3ccco3)ccc2cc1-c1ccccc1. The molecule has 0 saturated carbocycles. The van der Waals surface area contributed by atoms with Gasteiger partial charge in [-0.1, -0.05) is 79.7 Å². The normalized spacial score (nSPS) is 10.9. The lowest BCUT2D eigenvalue weighted by Gasteiger charge is -2.18. The monoisotopic (exact) mass is 690 g/mol. The molecule has 8 rings (SSSR count). The molecule has 52 heavy (non-hydrogen) atoms. The molecule has 0 radical (unpaired) electrons. The molecule has 0 atom stereocenters. The van der Waals surface area contributed by atoms with Crippen LogP contribution in [-0.4, -0.2) is 28.6 Å². The lowest BCUT2D eigenvalue weighted by molar-refractivity contribution is 0.290. The summed E-state index contributed by atoms with van der Waals surface area (Å²) in [4.78, 5) is 39.6. The maximum absolute atomic E-state index is 12.5. The van der Waals surface area contributed by atoms with E-state index in [-0.39, 0.29) is 11.3 Å². The van der Waals surface area contributed by atoms with Gasteiger partial charge >= 0.3 is 17.3 Å². The predicted molar refractivity (Wildman–Crippen MR) is 202 cm³/mol. The van der Waals surface area contributed by atoms with Crippen molar-refractivity contribution in [3.05, 3.63) is 154 Å². The van der Waals surface area contributed by atoms with Crippen LogP contribution < -0.4 is 20.9 Å². The molecule has 4 aromatic heterocycles. The third-order valence-corrected chi connectivity index (χ3v) is 8.27. The molecule has 0 aliphatic heterocycles. The van der Waals surface area contributed by atoms with Crippen molar-refractivity contribution >= 4 is 33.6 Å². The van der Waals surface area contributed by atoms with Gasteiger partial charge in [-0.25, -0.2) is 9.59 Å². The number of hydrogen-bond donors (Lipinski definition) is 0. The summed E-state index contributed by atoms with van der Waals surface area (Å²) in [7, 11) is 1.84. The molecule has 0 aliphatic rings. The van der Waals surface area contributed by atoms with E-state index >= 15 is 0 Å². The van der Waals surface area contributed by atoms with Gasteiger partial charge in [-0.05, 0) is 66.9 Å². The average Bonchev–Trinajstić information content (AvgIpc) is 3.72. The van der Waals surface area contributed by atoms with Crippen LogP contribution in [0.4, 0.5) is 11.6 Å². The van der Waals surface area contributed by atoms with E-state index in [1.807, 2.05) is 129 Å². The standard InChI is InChI=1S/C23H22N4O3.C19H12O3/c1-4-12-29-23-25-15(2)24-22(26-23)27(3)18-11-10-17-13-19(16-8-6-5-7-9-16)21(28)30-20(17)14-18;20-19-16(13-5-2-1-3-6-13)11-14-8-9-15(12-18(14)22-19)17-7-4-10-21-17/h5-11,13-14H,4,12H2,1-3H3;1-12H. The highest BCUT2D eigenvalue weighted by atomic mass is 16.5. The fourth-order valence-corrected chi connectivity index (χ4v) is 5.62. The summed E-state index contributed by atoms with van der Waals surface area (Å²) in [5.41, 5.74) is 4.79. The first-order valence-electron chi connectivity index (χ1n) is 16.8. The van der Waals surface area contributed by atoms with E-state index in [9.17, 15) is 9.59 Å². The van der Waals surface area contributed by atoms with Crippen molar-refractivity contribution in [1.29, 1.82) is 0 Å².